The fourth-order valence-corrected chi connectivity index (χ4v) is 4.41. The van der Waals surface area contributed by atoms with Crippen LogP contribution in [0.15, 0.2) is 68.2 Å². The summed E-state index contributed by atoms with van der Waals surface area (Å²) in [6.07, 6.45) is 17.7. The van der Waals surface area contributed by atoms with Crippen LogP contribution in [0.4, 0.5) is 0 Å². The number of hydrogen-bond acceptors (Lipinski definition) is 2. The standard InChI is InChI=1S/2C8H8S.2ClH.Zr/c2*1-6-5-7-3-2-4-8(7)9-6;;;/h2*2-5,7H,1H3;2*1H;/q;;;;+2/p-2. The normalized spacial score (nSPS) is 25.8. The van der Waals surface area contributed by atoms with Gasteiger partial charge in [-0.1, -0.05) is 72.1 Å². The van der Waals surface area contributed by atoms with Gasteiger partial charge < -0.3 is 24.8 Å². The summed E-state index contributed by atoms with van der Waals surface area (Å²) in [5, 5.41) is 0. The summed E-state index contributed by atoms with van der Waals surface area (Å²) in [7, 11) is 0. The summed E-state index contributed by atoms with van der Waals surface area (Å²) in [6.45, 7) is 4.33. The topological polar surface area (TPSA) is 0 Å². The molecule has 0 nitrogen and oxygen atoms in total. The summed E-state index contributed by atoms with van der Waals surface area (Å²) >= 11 is 3.79. The molecule has 0 aromatic carbocycles. The molecular weight excluding hydrogens is 418 g/mol. The van der Waals surface area contributed by atoms with Crippen molar-refractivity contribution in [1.29, 1.82) is 0 Å². The zero-order valence-corrected chi connectivity index (χ0v) is 17.4. The molecule has 0 spiro atoms. The van der Waals surface area contributed by atoms with Crippen LogP contribution in [0.25, 0.3) is 0 Å². The van der Waals surface area contributed by atoms with Crippen molar-refractivity contribution in [3.63, 3.8) is 0 Å². The maximum absolute atomic E-state index is 2.31. The average molecular weight is 435 g/mol. The molecule has 2 aliphatic heterocycles. The quantitative estimate of drug-likeness (QED) is 0.501. The van der Waals surface area contributed by atoms with Gasteiger partial charge in [0.1, 0.15) is 0 Å². The Morgan fingerprint density at radius 2 is 1.14 bits per heavy atom. The van der Waals surface area contributed by atoms with Crippen molar-refractivity contribution in [2.75, 3.05) is 0 Å². The third kappa shape index (κ3) is 5.32. The molecule has 4 rings (SSSR count). The Balaban J connectivity index is 0.000000333. The zero-order valence-electron chi connectivity index (χ0n) is 11.8. The Bertz CT molecular complexity index is 507. The van der Waals surface area contributed by atoms with E-state index >= 15 is 0 Å². The van der Waals surface area contributed by atoms with Crippen LogP contribution in [0.5, 0.6) is 0 Å². The van der Waals surface area contributed by atoms with Gasteiger partial charge in [0, 0.05) is 21.6 Å². The van der Waals surface area contributed by atoms with Gasteiger partial charge in [-0.25, -0.2) is 0 Å². The summed E-state index contributed by atoms with van der Waals surface area (Å²) in [5.41, 5.74) is 0. The summed E-state index contributed by atoms with van der Waals surface area (Å²) in [6, 6.07) is 0. The van der Waals surface area contributed by atoms with Gasteiger partial charge >= 0.3 is 26.2 Å². The Morgan fingerprint density at radius 1 is 0.762 bits per heavy atom. The minimum absolute atomic E-state index is 0. The Hall–Kier alpha value is 0.603. The molecule has 2 atom stereocenters. The molecule has 5 heteroatoms. The fourth-order valence-electron chi connectivity index (χ4n) is 2.38. The number of fused-ring (bicyclic) bond motifs is 2. The van der Waals surface area contributed by atoms with Crippen molar-refractivity contribution in [2.45, 2.75) is 13.8 Å². The number of hydrogen-bond donors (Lipinski definition) is 0. The van der Waals surface area contributed by atoms with E-state index in [1.807, 2.05) is 23.5 Å². The van der Waals surface area contributed by atoms with E-state index in [4.69, 9.17) is 0 Å². The molecule has 0 aromatic heterocycles. The number of halogens is 2. The summed E-state index contributed by atoms with van der Waals surface area (Å²) in [4.78, 5) is 5.87. The van der Waals surface area contributed by atoms with Crippen LogP contribution in [-0.2, 0) is 26.2 Å². The molecule has 0 bridgehead atoms. The number of allylic oxidation sites excluding steroid dienone is 12. The minimum atomic E-state index is 0. The smallest absolute Gasteiger partial charge is 1.00 e. The van der Waals surface area contributed by atoms with Crippen molar-refractivity contribution < 1.29 is 51.0 Å². The van der Waals surface area contributed by atoms with E-state index in [1.54, 1.807) is 0 Å². The molecule has 2 heterocycles. The van der Waals surface area contributed by atoms with E-state index in [2.05, 4.69) is 62.5 Å². The van der Waals surface area contributed by atoms with Crippen LogP contribution >= 0.6 is 23.5 Å². The van der Waals surface area contributed by atoms with Crippen LogP contribution in [0.3, 0.4) is 0 Å². The van der Waals surface area contributed by atoms with Crippen LogP contribution < -0.4 is 24.8 Å². The predicted octanol–water partition coefficient (Wildman–Crippen LogP) is -0.581. The van der Waals surface area contributed by atoms with Crippen LogP contribution in [-0.4, -0.2) is 0 Å². The molecule has 0 fully saturated rings. The molecule has 2 aliphatic carbocycles. The SMILES string of the molecule is CC1=CC2C=CC=C2S1.CC1=CC2C=CC=C2S1.[Cl-].[Cl-].[Zr+2]. The Labute approximate surface area is 167 Å². The van der Waals surface area contributed by atoms with Gasteiger partial charge in [-0.2, -0.15) is 0 Å². The second-order valence-electron chi connectivity index (χ2n) is 4.72. The van der Waals surface area contributed by atoms with Crippen molar-refractivity contribution in [3.05, 3.63) is 68.2 Å². The number of thioether (sulfide) groups is 2. The van der Waals surface area contributed by atoms with E-state index in [9.17, 15) is 0 Å². The second-order valence-corrected chi connectivity index (χ2v) is 7.36. The van der Waals surface area contributed by atoms with Gasteiger partial charge in [0.05, 0.1) is 0 Å². The van der Waals surface area contributed by atoms with Gasteiger partial charge in [-0.3, -0.25) is 0 Å². The maximum Gasteiger partial charge on any atom is 2.00 e. The molecule has 110 valence electrons. The van der Waals surface area contributed by atoms with E-state index in [0.29, 0.717) is 11.8 Å². The van der Waals surface area contributed by atoms with Gasteiger partial charge in [-0.15, -0.1) is 0 Å². The van der Waals surface area contributed by atoms with Crippen LogP contribution in [0.2, 0.25) is 0 Å². The zero-order chi connectivity index (χ0) is 12.5. The van der Waals surface area contributed by atoms with Crippen molar-refractivity contribution in [3.8, 4) is 0 Å². The van der Waals surface area contributed by atoms with E-state index in [0.717, 1.165) is 0 Å². The number of rotatable bonds is 0. The molecule has 2 unspecified atom stereocenters. The van der Waals surface area contributed by atoms with E-state index in [1.165, 1.54) is 19.6 Å². The summed E-state index contributed by atoms with van der Waals surface area (Å²) < 4.78 is 0. The predicted molar refractivity (Wildman–Crippen MR) is 84.1 cm³/mol. The largest absolute Gasteiger partial charge is 2.00 e. The van der Waals surface area contributed by atoms with Crippen molar-refractivity contribution in [1.82, 2.24) is 0 Å². The first-order valence-electron chi connectivity index (χ1n) is 6.22. The summed E-state index contributed by atoms with van der Waals surface area (Å²) in [5.74, 6) is 1.27. The maximum atomic E-state index is 2.31. The first-order chi connectivity index (χ1) is 8.72. The first kappa shape index (κ1) is 21.6. The van der Waals surface area contributed by atoms with Gasteiger partial charge in [0.15, 0.2) is 0 Å². The monoisotopic (exact) mass is 432 g/mol. The molecule has 0 radical (unpaired) electrons. The average Bonchev–Trinajstić information content (AvgIpc) is 2.97. The molecule has 0 N–H and O–H groups in total. The van der Waals surface area contributed by atoms with Gasteiger partial charge in [0.25, 0.3) is 0 Å². The van der Waals surface area contributed by atoms with Crippen LogP contribution in [0.1, 0.15) is 13.8 Å². The molecule has 0 saturated carbocycles. The van der Waals surface area contributed by atoms with Crippen molar-refractivity contribution >= 4 is 23.5 Å². The molecule has 0 saturated heterocycles. The first-order valence-corrected chi connectivity index (χ1v) is 7.85. The van der Waals surface area contributed by atoms with Crippen LogP contribution in [0, 0.1) is 11.8 Å². The third-order valence-electron chi connectivity index (χ3n) is 3.20. The Morgan fingerprint density at radius 3 is 1.48 bits per heavy atom. The van der Waals surface area contributed by atoms with Gasteiger partial charge in [-0.05, 0) is 23.7 Å². The molecule has 0 amide bonds. The third-order valence-corrected chi connectivity index (χ3v) is 5.41. The fraction of sp³-hybridized carbons (Fsp3) is 0.250. The van der Waals surface area contributed by atoms with Gasteiger partial charge in [0.2, 0.25) is 0 Å². The van der Waals surface area contributed by atoms with E-state index < -0.39 is 0 Å². The Kier molecular flexibility index (Phi) is 9.96. The molecule has 21 heavy (non-hydrogen) atoms. The minimum Gasteiger partial charge on any atom is -1.00 e. The molecule has 4 aliphatic rings. The van der Waals surface area contributed by atoms with Crippen molar-refractivity contribution in [2.24, 2.45) is 11.8 Å². The van der Waals surface area contributed by atoms with E-state index in [-0.39, 0.29) is 51.0 Å². The molecular formula is C16H16Cl2S2Zr. The molecule has 0 aromatic rings. The second kappa shape index (κ2) is 9.68.